The minimum atomic E-state index is -2.16. The van der Waals surface area contributed by atoms with E-state index in [0.717, 1.165) is 11.1 Å². The number of benzene rings is 2. The van der Waals surface area contributed by atoms with Crippen LogP contribution in [0.5, 0.6) is 0 Å². The Morgan fingerprint density at radius 3 is 2.31 bits per heavy atom. The van der Waals surface area contributed by atoms with Gasteiger partial charge in [-0.15, -0.1) is 0 Å². The Bertz CT molecular complexity index is 1010. The molecule has 0 fully saturated rings. The van der Waals surface area contributed by atoms with E-state index in [1.807, 2.05) is 42.5 Å². The van der Waals surface area contributed by atoms with Crippen molar-refractivity contribution in [1.82, 2.24) is 0 Å². The summed E-state index contributed by atoms with van der Waals surface area (Å²) in [6.45, 7) is 10.9. The highest BCUT2D eigenvalue weighted by atomic mass is 28.4. The molecule has 0 spiro atoms. The zero-order valence-electron chi connectivity index (χ0n) is 17.6. The van der Waals surface area contributed by atoms with Gasteiger partial charge >= 0.3 is 0 Å². The third-order valence-electron chi connectivity index (χ3n) is 5.43. The molecule has 0 bridgehead atoms. The minimum Gasteiger partial charge on any atom is -0.466 e. The molecule has 0 aliphatic heterocycles. The van der Waals surface area contributed by atoms with Crippen molar-refractivity contribution in [2.24, 2.45) is 0 Å². The molecule has 0 aliphatic rings. The molecule has 2 nitrogen and oxygen atoms in total. The average Bonchev–Trinajstić information content (AvgIpc) is 3.19. The van der Waals surface area contributed by atoms with Crippen LogP contribution in [-0.2, 0) is 4.43 Å². The van der Waals surface area contributed by atoms with Gasteiger partial charge in [-0.1, -0.05) is 50.8 Å². The number of halogens is 1. The first-order valence-electron chi connectivity index (χ1n) is 9.75. The summed E-state index contributed by atoms with van der Waals surface area (Å²) in [4.78, 5) is 0. The molecule has 1 heterocycles. The molecule has 2 aromatic carbocycles. The van der Waals surface area contributed by atoms with Crippen molar-refractivity contribution < 1.29 is 13.2 Å². The highest BCUT2D eigenvalue weighted by Crippen LogP contribution is 2.42. The highest BCUT2D eigenvalue weighted by Gasteiger charge is 2.40. The second-order valence-corrected chi connectivity index (χ2v) is 13.4. The average molecular weight is 407 g/mol. The summed E-state index contributed by atoms with van der Waals surface area (Å²) in [6.07, 6.45) is 1.10. The fourth-order valence-electron chi connectivity index (χ4n) is 2.71. The Morgan fingerprint density at radius 1 is 0.966 bits per heavy atom. The van der Waals surface area contributed by atoms with Gasteiger partial charge in [-0.05, 0) is 60.6 Å². The number of furan rings is 1. The van der Waals surface area contributed by atoms with E-state index in [0.29, 0.717) is 11.3 Å². The molecular formula is C25H27FO2Si. The van der Waals surface area contributed by atoms with E-state index in [9.17, 15) is 4.39 Å². The predicted molar refractivity (Wildman–Crippen MR) is 118 cm³/mol. The molecular weight excluding hydrogens is 379 g/mol. The largest absolute Gasteiger partial charge is 0.466 e. The normalized spacial score (nSPS) is 12.9. The van der Waals surface area contributed by atoms with Crippen molar-refractivity contribution in [2.45, 2.75) is 45.0 Å². The van der Waals surface area contributed by atoms with Crippen molar-refractivity contribution in [3.63, 3.8) is 0 Å². The fraction of sp³-hybridized carbons (Fsp3) is 0.280. The van der Waals surface area contributed by atoms with Crippen LogP contribution in [0.1, 0.15) is 49.3 Å². The topological polar surface area (TPSA) is 22.4 Å². The van der Waals surface area contributed by atoms with E-state index < -0.39 is 14.4 Å². The van der Waals surface area contributed by atoms with Crippen LogP contribution in [0, 0.1) is 17.7 Å². The molecule has 150 valence electrons. The summed E-state index contributed by atoms with van der Waals surface area (Å²) in [6, 6.07) is 18.1. The van der Waals surface area contributed by atoms with Crippen molar-refractivity contribution in [1.29, 1.82) is 0 Å². The van der Waals surface area contributed by atoms with Crippen LogP contribution >= 0.6 is 0 Å². The van der Waals surface area contributed by atoms with Crippen molar-refractivity contribution in [2.75, 3.05) is 0 Å². The maximum absolute atomic E-state index is 14.3. The molecule has 0 radical (unpaired) electrons. The van der Waals surface area contributed by atoms with Gasteiger partial charge in [0, 0.05) is 16.7 Å². The predicted octanol–water partition coefficient (Wildman–Crippen LogP) is 6.93. The van der Waals surface area contributed by atoms with Gasteiger partial charge in [0.1, 0.15) is 17.7 Å². The quantitative estimate of drug-likeness (QED) is 0.346. The third kappa shape index (κ3) is 5.06. The van der Waals surface area contributed by atoms with E-state index in [1.54, 1.807) is 12.3 Å². The first kappa shape index (κ1) is 21.1. The van der Waals surface area contributed by atoms with E-state index in [4.69, 9.17) is 8.84 Å². The lowest BCUT2D eigenvalue weighted by molar-refractivity contribution is 0.193. The van der Waals surface area contributed by atoms with Gasteiger partial charge in [-0.2, -0.15) is 0 Å². The van der Waals surface area contributed by atoms with E-state index in [2.05, 4.69) is 45.7 Å². The van der Waals surface area contributed by atoms with Gasteiger partial charge in [0.25, 0.3) is 0 Å². The Labute approximate surface area is 173 Å². The maximum Gasteiger partial charge on any atom is 0.193 e. The van der Waals surface area contributed by atoms with Crippen molar-refractivity contribution in [3.8, 4) is 11.8 Å². The van der Waals surface area contributed by atoms with Crippen LogP contribution in [0.4, 0.5) is 4.39 Å². The van der Waals surface area contributed by atoms with Gasteiger partial charge in [-0.3, -0.25) is 0 Å². The van der Waals surface area contributed by atoms with Gasteiger partial charge in [-0.25, -0.2) is 4.39 Å². The van der Waals surface area contributed by atoms with Gasteiger partial charge < -0.3 is 8.84 Å². The smallest absolute Gasteiger partial charge is 0.193 e. The number of rotatable bonds is 4. The summed E-state index contributed by atoms with van der Waals surface area (Å²) in [5, 5.41) is 0.00104. The molecule has 0 saturated heterocycles. The molecule has 1 aromatic heterocycles. The molecule has 0 amide bonds. The Morgan fingerprint density at radius 2 is 1.69 bits per heavy atom. The van der Waals surface area contributed by atoms with Crippen LogP contribution in [0.25, 0.3) is 0 Å². The molecule has 29 heavy (non-hydrogen) atoms. The lowest BCUT2D eigenvalue weighted by Gasteiger charge is -2.39. The molecule has 1 atom stereocenters. The zero-order chi connectivity index (χ0) is 21.1. The van der Waals surface area contributed by atoms with E-state index in [-0.39, 0.29) is 10.9 Å². The van der Waals surface area contributed by atoms with Crippen LogP contribution in [0.3, 0.4) is 0 Å². The van der Waals surface area contributed by atoms with Crippen molar-refractivity contribution in [3.05, 3.63) is 95.2 Å². The van der Waals surface area contributed by atoms with E-state index >= 15 is 0 Å². The first-order chi connectivity index (χ1) is 13.7. The monoisotopic (exact) mass is 406 g/mol. The molecule has 3 rings (SSSR count). The molecule has 4 heteroatoms. The van der Waals surface area contributed by atoms with Crippen LogP contribution in [-0.4, -0.2) is 8.32 Å². The fourth-order valence-corrected chi connectivity index (χ4v) is 3.90. The second kappa shape index (κ2) is 8.40. The summed E-state index contributed by atoms with van der Waals surface area (Å²) in [7, 11) is -2.16. The van der Waals surface area contributed by atoms with Gasteiger partial charge in [0.15, 0.2) is 8.32 Å². The molecule has 0 saturated carbocycles. The zero-order valence-corrected chi connectivity index (χ0v) is 18.6. The van der Waals surface area contributed by atoms with E-state index in [1.165, 1.54) is 12.1 Å². The van der Waals surface area contributed by atoms with Gasteiger partial charge in [0.2, 0.25) is 0 Å². The van der Waals surface area contributed by atoms with Crippen LogP contribution in [0.2, 0.25) is 18.1 Å². The highest BCUT2D eigenvalue weighted by molar-refractivity contribution is 6.74. The summed E-state index contributed by atoms with van der Waals surface area (Å²) in [5.41, 5.74) is 2.33. The molecule has 3 aromatic rings. The van der Waals surface area contributed by atoms with Gasteiger partial charge in [0.05, 0.1) is 6.26 Å². The molecule has 1 unspecified atom stereocenters. The lowest BCUT2D eigenvalue weighted by Crippen LogP contribution is -2.42. The Kier molecular flexibility index (Phi) is 6.12. The lowest BCUT2D eigenvalue weighted by atomic mass is 10.0. The summed E-state index contributed by atoms with van der Waals surface area (Å²) >= 11 is 0. The maximum atomic E-state index is 14.3. The first-order valence-corrected chi connectivity index (χ1v) is 12.7. The summed E-state index contributed by atoms with van der Waals surface area (Å²) in [5.74, 6) is 6.70. The number of hydrogen-bond acceptors (Lipinski definition) is 2. The number of hydrogen-bond donors (Lipinski definition) is 0. The third-order valence-corrected chi connectivity index (χ3v) is 9.87. The summed E-state index contributed by atoms with van der Waals surface area (Å²) < 4.78 is 26.6. The standard InChI is InChI=1S/C25H27FO2Si/c1-25(2,3)29(4,5)28-24(23-12-9-17-27-23)22-18-21(26)16-15-20(22)14-13-19-10-7-6-8-11-19/h6-12,15-18,24H,1-5H3. The van der Waals surface area contributed by atoms with Crippen LogP contribution in [0.15, 0.2) is 71.3 Å². The van der Waals surface area contributed by atoms with Crippen LogP contribution < -0.4 is 0 Å². The van der Waals surface area contributed by atoms with Crippen molar-refractivity contribution >= 4 is 8.32 Å². The Hall–Kier alpha value is -2.61. The Balaban J connectivity index is 2.09. The molecule has 0 N–H and O–H groups in total. The second-order valence-electron chi connectivity index (χ2n) is 8.62. The SMILES string of the molecule is CC(C)(C)[Si](C)(C)OC(c1ccco1)c1cc(F)ccc1C#Cc1ccccc1. The minimum absolute atomic E-state index is 0.00104. The molecule has 0 aliphatic carbocycles.